The van der Waals surface area contributed by atoms with E-state index in [1.54, 1.807) is 29.8 Å². The van der Waals surface area contributed by atoms with Crippen molar-refractivity contribution in [1.82, 2.24) is 9.78 Å². The Morgan fingerprint density at radius 1 is 1.39 bits per heavy atom. The Kier molecular flexibility index (Phi) is 5.39. The molecule has 1 amide bonds. The smallest absolute Gasteiger partial charge is 0.248 e. The maximum atomic E-state index is 12.4. The summed E-state index contributed by atoms with van der Waals surface area (Å²) >= 11 is 0. The van der Waals surface area contributed by atoms with E-state index in [0.29, 0.717) is 23.6 Å². The number of carbonyl (C=O) groups is 1. The third-order valence-corrected chi connectivity index (χ3v) is 3.59. The number of aliphatic hydroxyl groups is 1. The van der Waals surface area contributed by atoms with E-state index in [1.165, 1.54) is 0 Å². The molecule has 0 spiro atoms. The first-order chi connectivity index (χ1) is 11.0. The Morgan fingerprint density at radius 3 is 2.70 bits per heavy atom. The average molecular weight is 317 g/mol. The fourth-order valence-electron chi connectivity index (χ4n) is 2.47. The molecule has 6 heteroatoms. The molecule has 1 aromatic carbocycles. The van der Waals surface area contributed by atoms with Crippen molar-refractivity contribution in [2.75, 3.05) is 11.9 Å². The lowest BCUT2D eigenvalue weighted by Gasteiger charge is -2.16. The van der Waals surface area contributed by atoms with Gasteiger partial charge in [0, 0.05) is 16.9 Å². The highest BCUT2D eigenvalue weighted by Crippen LogP contribution is 2.24. The largest absolute Gasteiger partial charge is 0.494 e. The number of aryl methyl sites for hydroxylation is 2. The normalized spacial score (nSPS) is 12.0. The predicted octanol–water partition coefficient (Wildman–Crippen LogP) is 2.59. The highest BCUT2D eigenvalue weighted by atomic mass is 16.5. The van der Waals surface area contributed by atoms with Gasteiger partial charge in [-0.25, -0.2) is 0 Å². The van der Waals surface area contributed by atoms with Crippen LogP contribution in [0, 0.1) is 13.8 Å². The van der Waals surface area contributed by atoms with Crippen molar-refractivity contribution in [3.63, 3.8) is 0 Å². The van der Waals surface area contributed by atoms with Crippen LogP contribution in [0.4, 0.5) is 5.69 Å². The maximum Gasteiger partial charge on any atom is 0.248 e. The Balaban J connectivity index is 2.15. The van der Waals surface area contributed by atoms with Crippen LogP contribution in [0.5, 0.6) is 5.75 Å². The molecular formula is C17H23N3O3. The molecule has 2 rings (SSSR count). The van der Waals surface area contributed by atoms with Gasteiger partial charge < -0.3 is 15.2 Å². The predicted molar refractivity (Wildman–Crippen MR) is 88.6 cm³/mol. The molecule has 0 fully saturated rings. The summed E-state index contributed by atoms with van der Waals surface area (Å²) in [5.41, 5.74) is 3.08. The number of aromatic nitrogens is 2. The van der Waals surface area contributed by atoms with Crippen LogP contribution in [0.25, 0.3) is 0 Å². The number of anilines is 1. The molecule has 124 valence electrons. The van der Waals surface area contributed by atoms with Gasteiger partial charge in [-0.05, 0) is 52.0 Å². The van der Waals surface area contributed by atoms with E-state index in [0.717, 1.165) is 11.4 Å². The highest BCUT2D eigenvalue weighted by Gasteiger charge is 2.18. The van der Waals surface area contributed by atoms with Gasteiger partial charge in [0.25, 0.3) is 0 Å². The van der Waals surface area contributed by atoms with E-state index in [4.69, 9.17) is 4.74 Å². The van der Waals surface area contributed by atoms with Gasteiger partial charge in [0.05, 0.1) is 18.9 Å². The van der Waals surface area contributed by atoms with Crippen molar-refractivity contribution in [3.8, 4) is 5.75 Å². The summed E-state index contributed by atoms with van der Waals surface area (Å²) in [6.45, 7) is 7.88. The molecule has 0 aliphatic heterocycles. The third-order valence-electron chi connectivity index (χ3n) is 3.59. The number of carbonyl (C=O) groups excluding carboxylic acids is 1. The second-order valence-corrected chi connectivity index (χ2v) is 5.45. The second-order valence-electron chi connectivity index (χ2n) is 5.45. The van der Waals surface area contributed by atoms with Gasteiger partial charge >= 0.3 is 0 Å². The van der Waals surface area contributed by atoms with E-state index in [1.807, 2.05) is 26.8 Å². The molecule has 6 nitrogen and oxygen atoms in total. The molecule has 1 heterocycles. The van der Waals surface area contributed by atoms with Gasteiger partial charge in [-0.3, -0.25) is 9.48 Å². The monoisotopic (exact) mass is 317 g/mol. The van der Waals surface area contributed by atoms with Crippen LogP contribution < -0.4 is 10.1 Å². The summed E-state index contributed by atoms with van der Waals surface area (Å²) in [6, 6.07) is 6.74. The maximum absolute atomic E-state index is 12.4. The number of hydrogen-bond donors (Lipinski definition) is 2. The Labute approximate surface area is 136 Å². The molecule has 0 bridgehead atoms. The molecule has 23 heavy (non-hydrogen) atoms. The van der Waals surface area contributed by atoms with E-state index in [-0.39, 0.29) is 12.5 Å². The van der Waals surface area contributed by atoms with E-state index >= 15 is 0 Å². The quantitative estimate of drug-likeness (QED) is 0.858. The molecule has 0 aliphatic rings. The molecule has 1 atom stereocenters. The lowest BCUT2D eigenvalue weighted by atomic mass is 10.1. The lowest BCUT2D eigenvalue weighted by molar-refractivity contribution is -0.119. The zero-order chi connectivity index (χ0) is 17.0. The van der Waals surface area contributed by atoms with Crippen LogP contribution in [-0.4, -0.2) is 27.4 Å². The number of nitrogens with one attached hydrogen (secondary N) is 1. The third kappa shape index (κ3) is 3.90. The topological polar surface area (TPSA) is 76.4 Å². The minimum Gasteiger partial charge on any atom is -0.494 e. The van der Waals surface area contributed by atoms with Gasteiger partial charge in [-0.15, -0.1) is 0 Å². The number of rotatable bonds is 6. The van der Waals surface area contributed by atoms with Crippen LogP contribution >= 0.6 is 0 Å². The van der Waals surface area contributed by atoms with E-state index in [9.17, 15) is 9.90 Å². The van der Waals surface area contributed by atoms with Gasteiger partial charge in [0.2, 0.25) is 5.91 Å². The summed E-state index contributed by atoms with van der Waals surface area (Å²) in [7, 11) is 0. The summed E-state index contributed by atoms with van der Waals surface area (Å²) in [5, 5.41) is 16.6. The van der Waals surface area contributed by atoms with Gasteiger partial charge in [-0.1, -0.05) is 0 Å². The van der Waals surface area contributed by atoms with Crippen LogP contribution in [0.2, 0.25) is 0 Å². The van der Waals surface area contributed by atoms with Gasteiger partial charge in [0.15, 0.2) is 0 Å². The second kappa shape index (κ2) is 7.28. The number of aliphatic hydroxyl groups excluding tert-OH is 1. The number of nitrogens with zero attached hydrogens (tertiary/aromatic N) is 2. The summed E-state index contributed by atoms with van der Waals surface area (Å²) < 4.78 is 7.14. The zero-order valence-electron chi connectivity index (χ0n) is 14.0. The van der Waals surface area contributed by atoms with Crippen molar-refractivity contribution in [2.45, 2.75) is 40.3 Å². The first-order valence-electron chi connectivity index (χ1n) is 7.66. The fourth-order valence-corrected chi connectivity index (χ4v) is 2.47. The Bertz CT molecular complexity index is 694. The molecule has 1 unspecified atom stereocenters. The number of hydrogen-bond acceptors (Lipinski definition) is 4. The van der Waals surface area contributed by atoms with Crippen LogP contribution in [0.3, 0.4) is 0 Å². The first kappa shape index (κ1) is 17.0. The highest BCUT2D eigenvalue weighted by molar-refractivity contribution is 5.93. The van der Waals surface area contributed by atoms with Crippen molar-refractivity contribution in [1.29, 1.82) is 0 Å². The van der Waals surface area contributed by atoms with Crippen LogP contribution in [-0.2, 0) is 11.4 Å². The minimum absolute atomic E-state index is 0.147. The van der Waals surface area contributed by atoms with E-state index < -0.39 is 6.04 Å². The molecule has 0 radical (unpaired) electrons. The standard InChI is InChI=1S/C17H23N3O3/c1-5-23-16-7-6-15(9-14(16)10-21)18-17(22)13(4)20-12(3)8-11(2)19-20/h6-9,13,21H,5,10H2,1-4H3,(H,18,22). The molecule has 0 saturated carbocycles. The Hall–Kier alpha value is -2.34. The van der Waals surface area contributed by atoms with E-state index in [2.05, 4.69) is 10.4 Å². The van der Waals surface area contributed by atoms with Gasteiger partial charge in [-0.2, -0.15) is 5.10 Å². The summed E-state index contributed by atoms with van der Waals surface area (Å²) in [5.74, 6) is 0.462. The molecule has 0 aliphatic carbocycles. The summed E-state index contributed by atoms with van der Waals surface area (Å²) in [4.78, 5) is 12.4. The minimum atomic E-state index is -0.423. The van der Waals surface area contributed by atoms with Crippen LogP contribution in [0.1, 0.15) is 36.8 Å². The number of amides is 1. The van der Waals surface area contributed by atoms with Crippen molar-refractivity contribution < 1.29 is 14.6 Å². The molecule has 2 N–H and O–H groups in total. The molecule has 1 aromatic heterocycles. The fraction of sp³-hybridized carbons (Fsp3) is 0.412. The lowest BCUT2D eigenvalue weighted by Crippen LogP contribution is -2.25. The molecule has 2 aromatic rings. The summed E-state index contributed by atoms with van der Waals surface area (Å²) in [6.07, 6.45) is 0. The van der Waals surface area contributed by atoms with Gasteiger partial charge in [0.1, 0.15) is 11.8 Å². The SMILES string of the molecule is CCOc1ccc(NC(=O)C(C)n2nc(C)cc2C)cc1CO. The average Bonchev–Trinajstić information content (AvgIpc) is 2.86. The Morgan fingerprint density at radius 2 is 2.13 bits per heavy atom. The zero-order valence-corrected chi connectivity index (χ0v) is 14.0. The number of benzene rings is 1. The molecular weight excluding hydrogens is 294 g/mol. The molecule has 0 saturated heterocycles. The van der Waals surface area contributed by atoms with Crippen molar-refractivity contribution in [3.05, 3.63) is 41.2 Å². The van der Waals surface area contributed by atoms with Crippen molar-refractivity contribution in [2.24, 2.45) is 0 Å². The number of ether oxygens (including phenoxy) is 1. The first-order valence-corrected chi connectivity index (χ1v) is 7.66. The van der Waals surface area contributed by atoms with Crippen LogP contribution in [0.15, 0.2) is 24.3 Å². The van der Waals surface area contributed by atoms with Crippen molar-refractivity contribution >= 4 is 11.6 Å².